The van der Waals surface area contributed by atoms with Crippen molar-refractivity contribution in [3.8, 4) is 0 Å². The van der Waals surface area contributed by atoms with Crippen molar-refractivity contribution in [2.45, 2.75) is 38.3 Å². The van der Waals surface area contributed by atoms with Gasteiger partial charge in [0.1, 0.15) is 12.1 Å². The highest BCUT2D eigenvalue weighted by Gasteiger charge is 2.32. The molecular weight excluding hydrogens is 320 g/mol. The Labute approximate surface area is 125 Å². The molecule has 0 N–H and O–H groups in total. The fourth-order valence-electron chi connectivity index (χ4n) is 2.79. The monoisotopic (exact) mass is 334 g/mol. The SMILES string of the molecule is Brc1noc(C2CC2)c1CN1CCc2ncncc2C1. The topological polar surface area (TPSA) is 55.1 Å². The lowest BCUT2D eigenvalue weighted by Gasteiger charge is -2.27. The molecule has 20 heavy (non-hydrogen) atoms. The van der Waals surface area contributed by atoms with Crippen LogP contribution in [0.2, 0.25) is 0 Å². The Morgan fingerprint density at radius 2 is 2.30 bits per heavy atom. The molecule has 104 valence electrons. The van der Waals surface area contributed by atoms with Crippen molar-refractivity contribution < 1.29 is 4.52 Å². The minimum absolute atomic E-state index is 0.587. The average molecular weight is 335 g/mol. The van der Waals surface area contributed by atoms with Gasteiger partial charge in [-0.2, -0.15) is 0 Å². The number of fused-ring (bicyclic) bond motifs is 1. The first-order valence-corrected chi connectivity index (χ1v) is 7.74. The molecule has 0 aromatic carbocycles. The van der Waals surface area contributed by atoms with E-state index in [2.05, 4.69) is 36.0 Å². The summed E-state index contributed by atoms with van der Waals surface area (Å²) in [5, 5.41) is 4.08. The van der Waals surface area contributed by atoms with E-state index < -0.39 is 0 Å². The fraction of sp³-hybridized carbons (Fsp3) is 0.500. The van der Waals surface area contributed by atoms with Gasteiger partial charge in [0.2, 0.25) is 0 Å². The van der Waals surface area contributed by atoms with E-state index in [0.717, 1.165) is 36.4 Å². The Balaban J connectivity index is 1.54. The molecular formula is C14H15BrN4O. The molecule has 0 atom stereocenters. The minimum atomic E-state index is 0.587. The van der Waals surface area contributed by atoms with Gasteiger partial charge in [0, 0.05) is 55.0 Å². The molecule has 2 aliphatic rings. The third-order valence-corrected chi connectivity index (χ3v) is 4.66. The summed E-state index contributed by atoms with van der Waals surface area (Å²) in [5.74, 6) is 1.66. The number of hydrogen-bond donors (Lipinski definition) is 0. The summed E-state index contributed by atoms with van der Waals surface area (Å²) in [6, 6.07) is 0. The molecule has 0 spiro atoms. The Bertz CT molecular complexity index is 638. The number of aromatic nitrogens is 3. The lowest BCUT2D eigenvalue weighted by molar-refractivity contribution is 0.240. The van der Waals surface area contributed by atoms with Crippen LogP contribution < -0.4 is 0 Å². The molecule has 5 nitrogen and oxygen atoms in total. The van der Waals surface area contributed by atoms with Gasteiger partial charge in [-0.05, 0) is 28.8 Å². The van der Waals surface area contributed by atoms with Gasteiger partial charge in [0.25, 0.3) is 0 Å². The number of halogens is 1. The maximum atomic E-state index is 5.48. The van der Waals surface area contributed by atoms with Crippen molar-refractivity contribution in [3.05, 3.63) is 39.7 Å². The summed E-state index contributed by atoms with van der Waals surface area (Å²) >= 11 is 3.52. The van der Waals surface area contributed by atoms with Crippen molar-refractivity contribution in [3.63, 3.8) is 0 Å². The van der Waals surface area contributed by atoms with Crippen molar-refractivity contribution in [1.82, 2.24) is 20.0 Å². The molecule has 0 saturated heterocycles. The predicted octanol–water partition coefficient (Wildman–Crippen LogP) is 2.66. The van der Waals surface area contributed by atoms with Crippen LogP contribution >= 0.6 is 15.9 Å². The molecule has 6 heteroatoms. The normalized spacial score (nSPS) is 19.1. The summed E-state index contributed by atoms with van der Waals surface area (Å²) in [5.41, 5.74) is 3.63. The second-order valence-corrected chi connectivity index (χ2v) is 6.30. The van der Waals surface area contributed by atoms with Gasteiger partial charge in [0.05, 0.1) is 0 Å². The molecule has 0 radical (unpaired) electrons. The van der Waals surface area contributed by atoms with Crippen LogP contribution in [-0.2, 0) is 19.5 Å². The molecule has 1 fully saturated rings. The smallest absolute Gasteiger partial charge is 0.153 e. The first-order chi connectivity index (χ1) is 9.81. The summed E-state index contributed by atoms with van der Waals surface area (Å²) in [6.07, 6.45) is 7.01. The van der Waals surface area contributed by atoms with E-state index in [-0.39, 0.29) is 0 Å². The summed E-state index contributed by atoms with van der Waals surface area (Å²) in [7, 11) is 0. The van der Waals surface area contributed by atoms with Crippen LogP contribution in [0.4, 0.5) is 0 Å². The van der Waals surface area contributed by atoms with Crippen LogP contribution in [0.15, 0.2) is 21.7 Å². The maximum Gasteiger partial charge on any atom is 0.153 e. The lowest BCUT2D eigenvalue weighted by atomic mass is 10.1. The minimum Gasteiger partial charge on any atom is -0.360 e. The van der Waals surface area contributed by atoms with E-state index in [1.807, 2.05) is 6.20 Å². The predicted molar refractivity (Wildman–Crippen MR) is 76.0 cm³/mol. The Kier molecular flexibility index (Phi) is 3.07. The van der Waals surface area contributed by atoms with E-state index in [1.165, 1.54) is 29.7 Å². The van der Waals surface area contributed by atoms with Crippen molar-refractivity contribution >= 4 is 15.9 Å². The van der Waals surface area contributed by atoms with Gasteiger partial charge >= 0.3 is 0 Å². The highest BCUT2D eigenvalue weighted by atomic mass is 79.9. The number of hydrogen-bond acceptors (Lipinski definition) is 5. The van der Waals surface area contributed by atoms with Crippen LogP contribution in [0.1, 0.15) is 41.3 Å². The molecule has 0 amide bonds. The highest BCUT2D eigenvalue weighted by molar-refractivity contribution is 9.10. The molecule has 1 aliphatic carbocycles. The van der Waals surface area contributed by atoms with Crippen LogP contribution in [0.5, 0.6) is 0 Å². The zero-order valence-corrected chi connectivity index (χ0v) is 12.6. The number of nitrogens with zero attached hydrogens (tertiary/aromatic N) is 4. The third kappa shape index (κ3) is 2.27. The molecule has 4 rings (SSSR count). The Morgan fingerprint density at radius 1 is 1.40 bits per heavy atom. The molecule has 0 unspecified atom stereocenters. The number of rotatable bonds is 3. The Hall–Kier alpha value is -1.27. The standard InChI is InChI=1S/C14H15BrN4O/c15-14-11(13(20-18-14)9-1-2-9)7-19-4-3-12-10(6-19)5-16-8-17-12/h5,8-9H,1-4,6-7H2. The van der Waals surface area contributed by atoms with Crippen molar-refractivity contribution in [2.75, 3.05) is 6.54 Å². The summed E-state index contributed by atoms with van der Waals surface area (Å²) in [6.45, 7) is 2.80. The molecule has 2 aromatic rings. The molecule has 2 aromatic heterocycles. The molecule has 3 heterocycles. The van der Waals surface area contributed by atoms with Crippen LogP contribution in [0.3, 0.4) is 0 Å². The molecule has 0 bridgehead atoms. The van der Waals surface area contributed by atoms with Crippen molar-refractivity contribution in [2.24, 2.45) is 0 Å². The van der Waals surface area contributed by atoms with E-state index in [1.54, 1.807) is 6.33 Å². The zero-order chi connectivity index (χ0) is 13.5. The van der Waals surface area contributed by atoms with Gasteiger partial charge in [-0.1, -0.05) is 5.16 Å². The first kappa shape index (κ1) is 12.5. The van der Waals surface area contributed by atoms with Gasteiger partial charge in [0.15, 0.2) is 4.60 Å². The largest absolute Gasteiger partial charge is 0.360 e. The van der Waals surface area contributed by atoms with E-state index in [0.29, 0.717) is 5.92 Å². The Morgan fingerprint density at radius 3 is 3.15 bits per heavy atom. The van der Waals surface area contributed by atoms with Gasteiger partial charge in [-0.15, -0.1) is 0 Å². The van der Waals surface area contributed by atoms with Crippen LogP contribution in [0, 0.1) is 0 Å². The average Bonchev–Trinajstić information content (AvgIpc) is 3.25. The second kappa shape index (κ2) is 4.93. The van der Waals surface area contributed by atoms with Crippen LogP contribution in [0.25, 0.3) is 0 Å². The molecule has 1 saturated carbocycles. The molecule has 1 aliphatic heterocycles. The van der Waals surface area contributed by atoms with Gasteiger partial charge in [-0.25, -0.2) is 9.97 Å². The quantitative estimate of drug-likeness (QED) is 0.863. The van der Waals surface area contributed by atoms with Crippen molar-refractivity contribution in [1.29, 1.82) is 0 Å². The first-order valence-electron chi connectivity index (χ1n) is 6.95. The summed E-state index contributed by atoms with van der Waals surface area (Å²) < 4.78 is 6.34. The van der Waals surface area contributed by atoms with Gasteiger partial charge < -0.3 is 4.52 Å². The van der Waals surface area contributed by atoms with E-state index in [4.69, 9.17) is 4.52 Å². The third-order valence-electron chi connectivity index (χ3n) is 4.04. The van der Waals surface area contributed by atoms with Crippen LogP contribution in [-0.4, -0.2) is 26.6 Å². The maximum absolute atomic E-state index is 5.48. The summed E-state index contributed by atoms with van der Waals surface area (Å²) in [4.78, 5) is 10.9. The van der Waals surface area contributed by atoms with E-state index >= 15 is 0 Å². The fourth-order valence-corrected chi connectivity index (χ4v) is 3.19. The highest BCUT2D eigenvalue weighted by Crippen LogP contribution is 2.43. The lowest BCUT2D eigenvalue weighted by Crippen LogP contribution is -2.31. The zero-order valence-electron chi connectivity index (χ0n) is 11.0. The van der Waals surface area contributed by atoms with E-state index in [9.17, 15) is 0 Å². The second-order valence-electron chi connectivity index (χ2n) is 5.55. The van der Waals surface area contributed by atoms with Gasteiger partial charge in [-0.3, -0.25) is 4.90 Å².